The van der Waals surface area contributed by atoms with Gasteiger partial charge in [-0.2, -0.15) is 0 Å². The molecule has 18 heavy (non-hydrogen) atoms. The molecule has 0 aliphatic carbocycles. The summed E-state index contributed by atoms with van der Waals surface area (Å²) in [6, 6.07) is 8.67. The molecule has 102 valence electrons. The fourth-order valence-corrected chi connectivity index (χ4v) is 2.66. The van der Waals surface area contributed by atoms with Gasteiger partial charge in [0.25, 0.3) is 0 Å². The van der Waals surface area contributed by atoms with Crippen LogP contribution in [-0.2, 0) is 4.74 Å². The lowest BCUT2D eigenvalue weighted by Gasteiger charge is -2.33. The van der Waals surface area contributed by atoms with Crippen LogP contribution in [0.2, 0.25) is 0 Å². The number of hydrogen-bond donors (Lipinski definition) is 1. The van der Waals surface area contributed by atoms with E-state index in [9.17, 15) is 0 Å². The van der Waals surface area contributed by atoms with Crippen LogP contribution in [0, 0.1) is 0 Å². The van der Waals surface area contributed by atoms with Crippen LogP contribution >= 0.6 is 15.9 Å². The van der Waals surface area contributed by atoms with Gasteiger partial charge in [-0.1, -0.05) is 35.0 Å². The first kappa shape index (κ1) is 15.6. The first-order valence-corrected chi connectivity index (χ1v) is 7.13. The Morgan fingerprint density at radius 3 is 2.67 bits per heavy atom. The van der Waals surface area contributed by atoms with Crippen LogP contribution in [-0.4, -0.2) is 37.7 Å². The summed E-state index contributed by atoms with van der Waals surface area (Å²) in [5.41, 5.74) is 7.42. The zero-order valence-corrected chi connectivity index (χ0v) is 13.0. The largest absolute Gasteiger partial charge is 0.383 e. The van der Waals surface area contributed by atoms with Crippen molar-refractivity contribution in [3.63, 3.8) is 0 Å². The second-order valence-electron chi connectivity index (χ2n) is 4.48. The SMILES string of the molecule is CCN(CCOC)C(c1cccc(Br)c1)C(C)N. The van der Waals surface area contributed by atoms with Crippen LogP contribution in [0.15, 0.2) is 28.7 Å². The van der Waals surface area contributed by atoms with Gasteiger partial charge in [0.05, 0.1) is 6.61 Å². The molecule has 1 rings (SSSR count). The van der Waals surface area contributed by atoms with Gasteiger partial charge in [0.1, 0.15) is 0 Å². The molecule has 0 saturated carbocycles. The molecule has 0 aliphatic rings. The van der Waals surface area contributed by atoms with Gasteiger partial charge in [-0.05, 0) is 31.2 Å². The maximum atomic E-state index is 6.17. The number of benzene rings is 1. The lowest BCUT2D eigenvalue weighted by Crippen LogP contribution is -2.41. The Bertz CT molecular complexity index is 357. The van der Waals surface area contributed by atoms with Crippen LogP contribution in [0.5, 0.6) is 0 Å². The molecule has 2 N–H and O–H groups in total. The molecule has 0 amide bonds. The minimum Gasteiger partial charge on any atom is -0.383 e. The van der Waals surface area contributed by atoms with Crippen molar-refractivity contribution in [1.82, 2.24) is 4.90 Å². The van der Waals surface area contributed by atoms with E-state index in [1.807, 2.05) is 6.07 Å². The molecule has 0 heterocycles. The van der Waals surface area contributed by atoms with Crippen LogP contribution in [0.1, 0.15) is 25.5 Å². The van der Waals surface area contributed by atoms with Crippen LogP contribution in [0.25, 0.3) is 0 Å². The molecule has 4 heteroatoms. The van der Waals surface area contributed by atoms with E-state index in [0.717, 1.165) is 24.2 Å². The Balaban J connectivity index is 2.93. The third-order valence-electron chi connectivity index (χ3n) is 3.07. The Morgan fingerprint density at radius 2 is 2.17 bits per heavy atom. The Hall–Kier alpha value is -0.420. The molecule has 0 saturated heterocycles. The lowest BCUT2D eigenvalue weighted by atomic mass is 9.99. The predicted octanol–water partition coefficient (Wildman–Crippen LogP) is 2.81. The van der Waals surface area contributed by atoms with Gasteiger partial charge in [-0.3, -0.25) is 4.90 Å². The van der Waals surface area contributed by atoms with E-state index < -0.39 is 0 Å². The number of rotatable bonds is 7. The lowest BCUT2D eigenvalue weighted by molar-refractivity contribution is 0.115. The number of nitrogens with zero attached hydrogens (tertiary/aromatic N) is 1. The highest BCUT2D eigenvalue weighted by Gasteiger charge is 2.22. The van der Waals surface area contributed by atoms with Crippen molar-refractivity contribution in [2.75, 3.05) is 26.8 Å². The maximum absolute atomic E-state index is 6.17. The summed E-state index contributed by atoms with van der Waals surface area (Å²) in [5, 5.41) is 0. The first-order valence-electron chi connectivity index (χ1n) is 6.34. The van der Waals surface area contributed by atoms with Crippen LogP contribution in [0.4, 0.5) is 0 Å². The molecule has 0 radical (unpaired) electrons. The van der Waals surface area contributed by atoms with Crippen molar-refractivity contribution in [1.29, 1.82) is 0 Å². The third kappa shape index (κ3) is 4.35. The Kier molecular flexibility index (Phi) is 6.86. The summed E-state index contributed by atoms with van der Waals surface area (Å²) >= 11 is 3.52. The maximum Gasteiger partial charge on any atom is 0.0589 e. The average Bonchev–Trinajstić information content (AvgIpc) is 2.33. The van der Waals surface area contributed by atoms with Gasteiger partial charge >= 0.3 is 0 Å². The summed E-state index contributed by atoms with van der Waals surface area (Å²) in [6.07, 6.45) is 0. The first-order chi connectivity index (χ1) is 8.60. The molecule has 0 aromatic heterocycles. The van der Waals surface area contributed by atoms with Crippen LogP contribution < -0.4 is 5.73 Å². The van der Waals surface area contributed by atoms with E-state index in [-0.39, 0.29) is 12.1 Å². The monoisotopic (exact) mass is 314 g/mol. The standard InChI is InChI=1S/C14H23BrN2O/c1-4-17(8-9-18-3)14(11(2)16)12-6-5-7-13(15)10-12/h5-7,10-11,14H,4,8-9,16H2,1-3H3. The molecule has 3 nitrogen and oxygen atoms in total. The Labute approximate surface area is 118 Å². The molecule has 1 aromatic carbocycles. The van der Waals surface area contributed by atoms with Crippen molar-refractivity contribution in [3.8, 4) is 0 Å². The third-order valence-corrected chi connectivity index (χ3v) is 3.56. The van der Waals surface area contributed by atoms with E-state index in [1.54, 1.807) is 7.11 Å². The van der Waals surface area contributed by atoms with E-state index >= 15 is 0 Å². The Morgan fingerprint density at radius 1 is 1.44 bits per heavy atom. The molecular formula is C14H23BrN2O. The highest BCUT2D eigenvalue weighted by Crippen LogP contribution is 2.25. The number of nitrogens with two attached hydrogens (primary N) is 1. The average molecular weight is 315 g/mol. The number of halogens is 1. The van der Waals surface area contributed by atoms with Crippen molar-refractivity contribution in [2.24, 2.45) is 5.73 Å². The second kappa shape index (κ2) is 7.89. The van der Waals surface area contributed by atoms with Gasteiger partial charge in [0.15, 0.2) is 0 Å². The molecule has 0 aliphatic heterocycles. The van der Waals surface area contributed by atoms with E-state index in [2.05, 4.69) is 52.9 Å². The highest BCUT2D eigenvalue weighted by molar-refractivity contribution is 9.10. The zero-order valence-electron chi connectivity index (χ0n) is 11.4. The fraction of sp³-hybridized carbons (Fsp3) is 0.571. The smallest absolute Gasteiger partial charge is 0.0589 e. The number of ether oxygens (including phenoxy) is 1. The number of hydrogen-bond acceptors (Lipinski definition) is 3. The van der Waals surface area contributed by atoms with Crippen LogP contribution in [0.3, 0.4) is 0 Å². The van der Waals surface area contributed by atoms with Crippen molar-refractivity contribution < 1.29 is 4.74 Å². The molecule has 0 fully saturated rings. The highest BCUT2D eigenvalue weighted by atomic mass is 79.9. The van der Waals surface area contributed by atoms with Gasteiger partial charge < -0.3 is 10.5 Å². The van der Waals surface area contributed by atoms with Gasteiger partial charge in [-0.25, -0.2) is 0 Å². The van der Waals surface area contributed by atoms with Crippen molar-refractivity contribution >= 4 is 15.9 Å². The molecular weight excluding hydrogens is 292 g/mol. The van der Waals surface area contributed by atoms with Gasteiger partial charge in [0, 0.05) is 30.2 Å². The summed E-state index contributed by atoms with van der Waals surface area (Å²) in [7, 11) is 1.73. The molecule has 2 atom stereocenters. The van der Waals surface area contributed by atoms with Gasteiger partial charge in [0.2, 0.25) is 0 Å². The molecule has 2 unspecified atom stereocenters. The summed E-state index contributed by atoms with van der Waals surface area (Å²) < 4.78 is 6.26. The molecule has 1 aromatic rings. The van der Waals surface area contributed by atoms with E-state index in [1.165, 1.54) is 5.56 Å². The van der Waals surface area contributed by atoms with Gasteiger partial charge in [-0.15, -0.1) is 0 Å². The van der Waals surface area contributed by atoms with E-state index in [0.29, 0.717) is 0 Å². The zero-order chi connectivity index (χ0) is 13.5. The second-order valence-corrected chi connectivity index (χ2v) is 5.40. The predicted molar refractivity (Wildman–Crippen MR) is 79.7 cm³/mol. The summed E-state index contributed by atoms with van der Waals surface area (Å²) in [5.74, 6) is 0. The molecule has 0 bridgehead atoms. The summed E-state index contributed by atoms with van der Waals surface area (Å²) in [4.78, 5) is 2.36. The normalized spacial score (nSPS) is 14.8. The van der Waals surface area contributed by atoms with E-state index in [4.69, 9.17) is 10.5 Å². The minimum absolute atomic E-state index is 0.0797. The minimum atomic E-state index is 0.0797. The number of likely N-dealkylation sites (N-methyl/N-ethyl adjacent to an activating group) is 1. The van der Waals surface area contributed by atoms with Crippen molar-refractivity contribution in [2.45, 2.75) is 25.9 Å². The quantitative estimate of drug-likeness (QED) is 0.841. The summed E-state index contributed by atoms with van der Waals surface area (Å²) in [6.45, 7) is 6.79. The van der Waals surface area contributed by atoms with Crippen molar-refractivity contribution in [3.05, 3.63) is 34.3 Å². The number of methoxy groups -OCH3 is 1. The molecule has 0 spiro atoms. The fourth-order valence-electron chi connectivity index (χ4n) is 2.24. The topological polar surface area (TPSA) is 38.5 Å².